The molecule has 1 atom stereocenters. The number of tetrazole rings is 1. The van der Waals surface area contributed by atoms with Crippen LogP contribution in [-0.2, 0) is 10.3 Å². The summed E-state index contributed by atoms with van der Waals surface area (Å²) in [5.74, 6) is 1.27. The van der Waals surface area contributed by atoms with Crippen molar-refractivity contribution in [1.29, 1.82) is 0 Å². The molecule has 1 fully saturated rings. The van der Waals surface area contributed by atoms with Crippen molar-refractivity contribution in [3.8, 4) is 17.1 Å². The summed E-state index contributed by atoms with van der Waals surface area (Å²) in [6, 6.07) is 5.51. The van der Waals surface area contributed by atoms with Gasteiger partial charge in [0.25, 0.3) is 0 Å². The summed E-state index contributed by atoms with van der Waals surface area (Å²) < 4.78 is 12.8. The van der Waals surface area contributed by atoms with Crippen molar-refractivity contribution in [3.05, 3.63) is 18.2 Å². The van der Waals surface area contributed by atoms with Gasteiger partial charge in [-0.05, 0) is 42.3 Å². The maximum atomic E-state index is 6.11. The fourth-order valence-electron chi connectivity index (χ4n) is 2.75. The zero-order valence-corrected chi connectivity index (χ0v) is 12.2. The summed E-state index contributed by atoms with van der Waals surface area (Å²) in [4.78, 5) is 0. The molecule has 2 N–H and O–H groups in total. The zero-order valence-electron chi connectivity index (χ0n) is 12.2. The average Bonchev–Trinajstić information content (AvgIpc) is 2.97. The highest BCUT2D eigenvalue weighted by atomic mass is 16.5. The molecule has 1 aromatic carbocycles. The molecular formula is C14H19N5O2. The van der Waals surface area contributed by atoms with Gasteiger partial charge in [0.2, 0.25) is 0 Å². The molecule has 1 aliphatic heterocycles. The Bertz CT molecular complexity index is 634. The van der Waals surface area contributed by atoms with Gasteiger partial charge in [-0.3, -0.25) is 0 Å². The fraction of sp³-hybridized carbons (Fsp3) is 0.500. The second-order valence-corrected chi connectivity index (χ2v) is 5.49. The number of benzene rings is 1. The molecule has 0 radical (unpaired) electrons. The van der Waals surface area contributed by atoms with E-state index < -0.39 is 0 Å². The number of anilines is 1. The number of aromatic nitrogens is 4. The van der Waals surface area contributed by atoms with Gasteiger partial charge in [-0.2, -0.15) is 0 Å². The summed E-state index contributed by atoms with van der Waals surface area (Å²) in [6.07, 6.45) is 1.94. The van der Waals surface area contributed by atoms with Crippen LogP contribution in [0.15, 0.2) is 18.2 Å². The molecule has 7 nitrogen and oxygen atoms in total. The molecule has 7 heteroatoms. The number of nitrogens with zero attached hydrogens (tertiary/aromatic N) is 4. The van der Waals surface area contributed by atoms with Crippen molar-refractivity contribution >= 4 is 5.69 Å². The number of hydrogen-bond donors (Lipinski definition) is 1. The third kappa shape index (κ3) is 2.33. The maximum absolute atomic E-state index is 6.11. The van der Waals surface area contributed by atoms with Crippen molar-refractivity contribution in [2.24, 2.45) is 0 Å². The molecule has 1 unspecified atom stereocenters. The van der Waals surface area contributed by atoms with Gasteiger partial charge in [-0.25, -0.2) is 4.68 Å². The topological polar surface area (TPSA) is 88.1 Å². The third-order valence-electron chi connectivity index (χ3n) is 3.90. The molecule has 1 aromatic heterocycles. The molecular weight excluding hydrogens is 270 g/mol. The normalized spacial score (nSPS) is 22.2. The van der Waals surface area contributed by atoms with E-state index in [1.165, 1.54) is 0 Å². The van der Waals surface area contributed by atoms with Gasteiger partial charge in [0.05, 0.1) is 24.8 Å². The van der Waals surface area contributed by atoms with E-state index in [1.54, 1.807) is 11.8 Å². The molecule has 3 rings (SSSR count). The largest absolute Gasteiger partial charge is 0.496 e. The number of rotatable bonds is 3. The Morgan fingerprint density at radius 3 is 3.00 bits per heavy atom. The Morgan fingerprint density at radius 1 is 1.43 bits per heavy atom. The number of nitrogen functional groups attached to an aromatic ring is 1. The first-order valence-electron chi connectivity index (χ1n) is 6.95. The van der Waals surface area contributed by atoms with Crippen molar-refractivity contribution in [1.82, 2.24) is 20.2 Å². The minimum Gasteiger partial charge on any atom is -0.496 e. The van der Waals surface area contributed by atoms with E-state index in [0.717, 1.165) is 25.0 Å². The maximum Gasteiger partial charge on any atom is 0.188 e. The molecule has 1 aliphatic rings. The first kappa shape index (κ1) is 13.8. The van der Waals surface area contributed by atoms with Gasteiger partial charge in [0.1, 0.15) is 5.75 Å². The zero-order chi connectivity index (χ0) is 14.9. The van der Waals surface area contributed by atoms with E-state index in [1.807, 2.05) is 18.2 Å². The summed E-state index contributed by atoms with van der Waals surface area (Å²) in [5.41, 5.74) is 7.14. The Kier molecular flexibility index (Phi) is 3.50. The van der Waals surface area contributed by atoms with E-state index in [-0.39, 0.29) is 5.54 Å². The van der Waals surface area contributed by atoms with Gasteiger partial charge in [-0.15, -0.1) is 5.10 Å². The number of methoxy groups -OCH3 is 1. The van der Waals surface area contributed by atoms with Crippen molar-refractivity contribution in [2.45, 2.75) is 25.3 Å². The lowest BCUT2D eigenvalue weighted by Gasteiger charge is -2.33. The minimum atomic E-state index is -0.273. The van der Waals surface area contributed by atoms with Gasteiger partial charge >= 0.3 is 0 Å². The first-order valence-corrected chi connectivity index (χ1v) is 6.95. The average molecular weight is 289 g/mol. The van der Waals surface area contributed by atoms with Gasteiger partial charge in [-0.1, -0.05) is 6.07 Å². The molecule has 0 bridgehead atoms. The van der Waals surface area contributed by atoms with Crippen LogP contribution in [0.4, 0.5) is 5.69 Å². The molecule has 21 heavy (non-hydrogen) atoms. The smallest absolute Gasteiger partial charge is 0.188 e. The predicted molar refractivity (Wildman–Crippen MR) is 77.9 cm³/mol. The van der Waals surface area contributed by atoms with Crippen LogP contribution in [0.1, 0.15) is 19.8 Å². The van der Waals surface area contributed by atoms with Gasteiger partial charge in [0.15, 0.2) is 5.82 Å². The van der Waals surface area contributed by atoms with Crippen LogP contribution < -0.4 is 10.5 Å². The predicted octanol–water partition coefficient (Wildman–Crippen LogP) is 1.46. The summed E-state index contributed by atoms with van der Waals surface area (Å²) in [6.45, 7) is 3.46. The number of ether oxygens (including phenoxy) is 2. The Labute approximate surface area is 123 Å². The minimum absolute atomic E-state index is 0.273. The molecule has 0 amide bonds. The van der Waals surface area contributed by atoms with Crippen LogP contribution in [0.25, 0.3) is 11.4 Å². The Balaban J connectivity index is 2.11. The van der Waals surface area contributed by atoms with Crippen molar-refractivity contribution in [2.75, 3.05) is 26.1 Å². The van der Waals surface area contributed by atoms with Crippen molar-refractivity contribution in [3.63, 3.8) is 0 Å². The van der Waals surface area contributed by atoms with E-state index in [4.69, 9.17) is 15.2 Å². The van der Waals surface area contributed by atoms with Crippen LogP contribution in [0.5, 0.6) is 5.75 Å². The molecule has 0 saturated carbocycles. The van der Waals surface area contributed by atoms with E-state index in [2.05, 4.69) is 22.4 Å². The lowest BCUT2D eigenvalue weighted by Crippen LogP contribution is -2.40. The molecule has 1 saturated heterocycles. The highest BCUT2D eigenvalue weighted by Gasteiger charge is 2.34. The Morgan fingerprint density at radius 2 is 2.29 bits per heavy atom. The monoisotopic (exact) mass is 289 g/mol. The highest BCUT2D eigenvalue weighted by molar-refractivity contribution is 5.77. The third-order valence-corrected chi connectivity index (χ3v) is 3.90. The van der Waals surface area contributed by atoms with Gasteiger partial charge < -0.3 is 15.2 Å². The second kappa shape index (κ2) is 5.33. The summed E-state index contributed by atoms with van der Waals surface area (Å²) in [5, 5.41) is 12.2. The summed E-state index contributed by atoms with van der Waals surface area (Å²) >= 11 is 0. The first-order chi connectivity index (χ1) is 10.2. The summed E-state index contributed by atoms with van der Waals surface area (Å²) in [7, 11) is 1.61. The lowest BCUT2D eigenvalue weighted by atomic mass is 9.94. The van der Waals surface area contributed by atoms with Crippen LogP contribution >= 0.6 is 0 Å². The second-order valence-electron chi connectivity index (χ2n) is 5.49. The number of hydrogen-bond acceptors (Lipinski definition) is 6. The molecule has 2 aromatic rings. The van der Waals surface area contributed by atoms with Crippen LogP contribution in [-0.4, -0.2) is 40.5 Å². The van der Waals surface area contributed by atoms with Crippen LogP contribution in [0.2, 0.25) is 0 Å². The van der Waals surface area contributed by atoms with Crippen LogP contribution in [0, 0.1) is 0 Å². The standard InChI is InChI=1S/C14H19N5O2/c1-14(7-4-8-21-9-14)19-13(16-17-18-19)12-10(15)5-3-6-11(12)20-2/h3,5-6H,4,7-9,15H2,1-2H3. The quantitative estimate of drug-likeness (QED) is 0.861. The lowest BCUT2D eigenvalue weighted by molar-refractivity contribution is 0.00347. The van der Waals surface area contributed by atoms with Crippen LogP contribution in [0.3, 0.4) is 0 Å². The van der Waals surface area contributed by atoms with E-state index in [9.17, 15) is 0 Å². The van der Waals surface area contributed by atoms with Gasteiger partial charge in [0, 0.05) is 12.3 Å². The van der Waals surface area contributed by atoms with E-state index >= 15 is 0 Å². The molecule has 112 valence electrons. The molecule has 2 heterocycles. The Hall–Kier alpha value is -2.15. The van der Waals surface area contributed by atoms with Crippen molar-refractivity contribution < 1.29 is 9.47 Å². The fourth-order valence-corrected chi connectivity index (χ4v) is 2.75. The SMILES string of the molecule is COc1cccc(N)c1-c1nnnn1C1(C)CCCOC1. The molecule has 0 aliphatic carbocycles. The van der Waals surface area contributed by atoms with E-state index in [0.29, 0.717) is 23.9 Å². The molecule has 0 spiro atoms. The highest BCUT2D eigenvalue weighted by Crippen LogP contribution is 2.37. The number of nitrogens with two attached hydrogens (primary N) is 1.